The highest BCUT2D eigenvalue weighted by Gasteiger charge is 2.40. The normalized spacial score (nSPS) is 17.0. The molecule has 5 nitrogen and oxygen atoms in total. The van der Waals surface area contributed by atoms with E-state index in [2.05, 4.69) is 0 Å². The third kappa shape index (κ3) is 2.72. The van der Waals surface area contributed by atoms with Crippen LogP contribution in [0.1, 0.15) is 11.5 Å². The molecule has 1 N–H and O–H groups in total. The second-order valence-electron chi connectivity index (χ2n) is 5.20. The number of halogens is 3. The Kier molecular flexibility index (Phi) is 4.19. The third-order valence-corrected chi connectivity index (χ3v) is 6.24. The molecule has 3 rings (SSSR count). The average molecular weight is 390 g/mol. The van der Waals surface area contributed by atoms with Gasteiger partial charge >= 0.3 is 5.97 Å². The van der Waals surface area contributed by atoms with Crippen LogP contribution in [0.4, 0.5) is 10.1 Å². The highest BCUT2D eigenvalue weighted by molar-refractivity contribution is 7.93. The van der Waals surface area contributed by atoms with Crippen LogP contribution in [0.15, 0.2) is 41.3 Å². The summed E-state index contributed by atoms with van der Waals surface area (Å²) in [6, 6.07) is 7.26. The summed E-state index contributed by atoms with van der Waals surface area (Å²) in [4.78, 5) is 11.2. The van der Waals surface area contributed by atoms with Gasteiger partial charge < -0.3 is 5.11 Å². The molecule has 0 saturated heterocycles. The number of hydrogen-bond acceptors (Lipinski definition) is 3. The van der Waals surface area contributed by atoms with E-state index < -0.39 is 27.7 Å². The van der Waals surface area contributed by atoms with Gasteiger partial charge in [0.2, 0.25) is 0 Å². The van der Waals surface area contributed by atoms with Crippen molar-refractivity contribution in [2.75, 3.05) is 10.8 Å². The predicted octanol–water partition coefficient (Wildman–Crippen LogP) is 3.51. The summed E-state index contributed by atoms with van der Waals surface area (Å²) in [5.74, 6) is -3.03. The van der Waals surface area contributed by atoms with Crippen LogP contribution in [0.5, 0.6) is 0 Å². The number of fused-ring (bicyclic) bond motifs is 1. The Bertz CT molecular complexity index is 948. The lowest BCUT2D eigenvalue weighted by Gasteiger charge is -2.20. The topological polar surface area (TPSA) is 74.7 Å². The van der Waals surface area contributed by atoms with Crippen molar-refractivity contribution in [3.05, 3.63) is 57.8 Å². The van der Waals surface area contributed by atoms with Gasteiger partial charge in [-0.2, -0.15) is 0 Å². The fourth-order valence-corrected chi connectivity index (χ4v) is 4.89. The van der Waals surface area contributed by atoms with Gasteiger partial charge in [-0.15, -0.1) is 0 Å². The molecule has 0 radical (unpaired) electrons. The first-order chi connectivity index (χ1) is 11.2. The maximum atomic E-state index is 13.5. The molecule has 0 amide bonds. The zero-order chi connectivity index (χ0) is 17.6. The zero-order valence-electron chi connectivity index (χ0n) is 11.9. The SMILES string of the molecule is O=C(O)C1CN(S(=O)(=O)c2ccc(Cl)cc2Cl)c2ccc(F)cc21. The second kappa shape index (κ2) is 5.91. The van der Waals surface area contributed by atoms with Gasteiger partial charge in [-0.3, -0.25) is 9.10 Å². The molecule has 0 fully saturated rings. The van der Waals surface area contributed by atoms with E-state index in [-0.39, 0.29) is 32.7 Å². The van der Waals surface area contributed by atoms with E-state index in [1.807, 2.05) is 0 Å². The number of carboxylic acids is 1. The number of benzene rings is 2. The van der Waals surface area contributed by atoms with Crippen LogP contribution in [0.25, 0.3) is 0 Å². The van der Waals surface area contributed by atoms with Crippen LogP contribution < -0.4 is 4.31 Å². The molecule has 0 aliphatic carbocycles. The lowest BCUT2D eigenvalue weighted by atomic mass is 10.0. The fourth-order valence-electron chi connectivity index (χ4n) is 2.64. The number of carbonyl (C=O) groups is 1. The number of anilines is 1. The van der Waals surface area contributed by atoms with Crippen molar-refractivity contribution in [2.45, 2.75) is 10.8 Å². The molecule has 24 heavy (non-hydrogen) atoms. The summed E-state index contributed by atoms with van der Waals surface area (Å²) >= 11 is 11.8. The molecule has 1 unspecified atom stereocenters. The molecular formula is C15H10Cl2FNO4S. The van der Waals surface area contributed by atoms with Crippen LogP contribution in [-0.2, 0) is 14.8 Å². The molecule has 1 heterocycles. The van der Waals surface area contributed by atoms with E-state index in [4.69, 9.17) is 23.2 Å². The molecule has 9 heteroatoms. The average Bonchev–Trinajstić information content (AvgIpc) is 2.86. The maximum Gasteiger partial charge on any atom is 0.312 e. The largest absolute Gasteiger partial charge is 0.481 e. The maximum absolute atomic E-state index is 13.5. The van der Waals surface area contributed by atoms with Gasteiger partial charge in [-0.25, -0.2) is 12.8 Å². The minimum atomic E-state index is -4.12. The van der Waals surface area contributed by atoms with E-state index in [0.29, 0.717) is 0 Å². The number of aliphatic carboxylic acids is 1. The van der Waals surface area contributed by atoms with Crippen LogP contribution >= 0.6 is 23.2 Å². The first-order valence-electron chi connectivity index (χ1n) is 6.72. The molecule has 0 saturated carbocycles. The lowest BCUT2D eigenvalue weighted by molar-refractivity contribution is -0.138. The molecule has 0 spiro atoms. The van der Waals surface area contributed by atoms with Crippen molar-refractivity contribution in [3.63, 3.8) is 0 Å². The lowest BCUT2D eigenvalue weighted by Crippen LogP contribution is -2.31. The molecule has 2 aromatic rings. The number of carboxylic acid groups (broad SMARTS) is 1. The highest BCUT2D eigenvalue weighted by atomic mass is 35.5. The Morgan fingerprint density at radius 1 is 1.21 bits per heavy atom. The van der Waals surface area contributed by atoms with Crippen molar-refractivity contribution >= 4 is 44.9 Å². The van der Waals surface area contributed by atoms with Gasteiger partial charge in [0.05, 0.1) is 17.3 Å². The quantitative estimate of drug-likeness (QED) is 0.871. The molecule has 0 aromatic heterocycles. The van der Waals surface area contributed by atoms with Gasteiger partial charge in [0.25, 0.3) is 10.0 Å². The third-order valence-electron chi connectivity index (χ3n) is 3.74. The number of nitrogens with zero attached hydrogens (tertiary/aromatic N) is 1. The molecule has 2 aromatic carbocycles. The number of sulfonamides is 1. The van der Waals surface area contributed by atoms with E-state index in [1.54, 1.807) is 0 Å². The van der Waals surface area contributed by atoms with E-state index >= 15 is 0 Å². The molecular weight excluding hydrogens is 380 g/mol. The van der Waals surface area contributed by atoms with Crippen molar-refractivity contribution in [3.8, 4) is 0 Å². The Balaban J connectivity index is 2.15. The van der Waals surface area contributed by atoms with Gasteiger partial charge in [0, 0.05) is 5.02 Å². The van der Waals surface area contributed by atoms with Crippen molar-refractivity contribution in [2.24, 2.45) is 0 Å². The molecule has 126 valence electrons. The standard InChI is InChI=1S/C15H10Cl2FNO4S/c16-8-1-4-14(12(17)5-8)24(22,23)19-7-11(15(20)21)10-6-9(18)2-3-13(10)19/h1-6,11H,7H2,(H,20,21). The zero-order valence-corrected chi connectivity index (χ0v) is 14.2. The summed E-state index contributed by atoms with van der Waals surface area (Å²) in [5.41, 5.74) is 0.228. The summed E-state index contributed by atoms with van der Waals surface area (Å²) in [5, 5.41) is 9.50. The van der Waals surface area contributed by atoms with Gasteiger partial charge in [0.1, 0.15) is 16.6 Å². The summed E-state index contributed by atoms with van der Waals surface area (Å²) in [6.07, 6.45) is 0. The second-order valence-corrected chi connectivity index (χ2v) is 7.88. The van der Waals surface area contributed by atoms with Crippen molar-refractivity contribution in [1.82, 2.24) is 0 Å². The Labute approximate surface area is 147 Å². The Morgan fingerprint density at radius 3 is 2.54 bits per heavy atom. The van der Waals surface area contributed by atoms with Crippen molar-refractivity contribution < 1.29 is 22.7 Å². The van der Waals surface area contributed by atoms with E-state index in [0.717, 1.165) is 16.4 Å². The van der Waals surface area contributed by atoms with Crippen LogP contribution in [0.3, 0.4) is 0 Å². The Hall–Kier alpha value is -1.83. The summed E-state index contributed by atoms with van der Waals surface area (Å²) in [6.45, 7) is -0.338. The number of rotatable bonds is 3. The monoisotopic (exact) mass is 389 g/mol. The first kappa shape index (κ1) is 17.0. The molecule has 0 bridgehead atoms. The smallest absolute Gasteiger partial charge is 0.312 e. The summed E-state index contributed by atoms with van der Waals surface area (Å²) in [7, 11) is -4.12. The van der Waals surface area contributed by atoms with E-state index in [9.17, 15) is 22.7 Å². The van der Waals surface area contributed by atoms with Gasteiger partial charge in [-0.05, 0) is 42.0 Å². The number of hydrogen-bond donors (Lipinski definition) is 1. The van der Waals surface area contributed by atoms with E-state index in [1.165, 1.54) is 24.3 Å². The Morgan fingerprint density at radius 2 is 1.92 bits per heavy atom. The van der Waals surface area contributed by atoms with Crippen molar-refractivity contribution in [1.29, 1.82) is 0 Å². The summed E-state index contributed by atoms with van der Waals surface area (Å²) < 4.78 is 40.2. The van der Waals surface area contributed by atoms with Crippen LogP contribution in [-0.4, -0.2) is 26.0 Å². The minimum Gasteiger partial charge on any atom is -0.481 e. The fraction of sp³-hybridized carbons (Fsp3) is 0.133. The van der Waals surface area contributed by atoms with Gasteiger partial charge in [-0.1, -0.05) is 23.2 Å². The highest BCUT2D eigenvalue weighted by Crippen LogP contribution is 2.41. The predicted molar refractivity (Wildman–Crippen MR) is 87.8 cm³/mol. The minimum absolute atomic E-state index is 0.0788. The molecule has 1 atom stereocenters. The van der Waals surface area contributed by atoms with Crippen LogP contribution in [0.2, 0.25) is 10.0 Å². The first-order valence-corrected chi connectivity index (χ1v) is 8.91. The molecule has 1 aliphatic rings. The molecule has 1 aliphatic heterocycles. The van der Waals surface area contributed by atoms with Gasteiger partial charge in [0.15, 0.2) is 0 Å². The van der Waals surface area contributed by atoms with Crippen LogP contribution in [0, 0.1) is 5.82 Å².